The predicted molar refractivity (Wildman–Crippen MR) is 226 cm³/mol. The maximum atomic E-state index is 13.9. The van der Waals surface area contributed by atoms with E-state index >= 15 is 0 Å². The third-order valence-corrected chi connectivity index (χ3v) is 12.3. The normalized spacial score (nSPS) is 13.5. The van der Waals surface area contributed by atoms with E-state index in [4.69, 9.17) is 17.2 Å². The molecule has 7 N–H and O–H groups in total. The number of benzene rings is 5. The Kier molecular flexibility index (Phi) is 20.1. The van der Waals surface area contributed by atoms with Crippen LogP contribution in [0.25, 0.3) is 18.2 Å². The first kappa shape index (κ1) is 59.9. The van der Waals surface area contributed by atoms with Gasteiger partial charge in [-0.2, -0.15) is 15.3 Å². The van der Waals surface area contributed by atoms with Gasteiger partial charge >= 0.3 is 75.4 Å². The molecule has 1 aliphatic rings. The van der Waals surface area contributed by atoms with Crippen molar-refractivity contribution in [1.29, 1.82) is 0 Å². The topological polar surface area (TPSA) is 441 Å². The molecule has 33 heteroatoms. The number of Topliss-reactive ketones (excluding diaryl/α,β-unsaturated/α-hetero) is 1. The molecule has 5 aromatic rings. The van der Waals surface area contributed by atoms with Gasteiger partial charge in [-0.3, -0.25) is 20.3 Å². The van der Waals surface area contributed by atoms with E-state index in [0.29, 0.717) is 23.9 Å². The number of ketones is 1. The first-order valence-corrected chi connectivity index (χ1v) is 23.0. The Morgan fingerprint density at radius 3 is 1.67 bits per heavy atom. The third-order valence-electron chi connectivity index (χ3n) is 8.77. The summed E-state index contributed by atoms with van der Waals surface area (Å²) in [5.74, 6) is -1.47. The number of carbonyl (C=O) groups excluding carboxylic acids is 1. The molecule has 0 saturated heterocycles. The van der Waals surface area contributed by atoms with Crippen LogP contribution in [0.3, 0.4) is 0 Å². The molecule has 0 unspecified atom stereocenters. The first-order valence-electron chi connectivity index (χ1n) is 17.3. The average Bonchev–Trinajstić information content (AvgIpc) is 3.20. The second-order valence-corrected chi connectivity index (χ2v) is 18.5. The summed E-state index contributed by atoms with van der Waals surface area (Å²) in [4.78, 5) is 19.7. The molecule has 5 aromatic carbocycles. The van der Waals surface area contributed by atoms with Crippen molar-refractivity contribution in [2.24, 2.45) is 25.6 Å². The number of rotatable bonds is 13. The van der Waals surface area contributed by atoms with Gasteiger partial charge in [0.2, 0.25) is 5.78 Å². The summed E-state index contributed by atoms with van der Waals surface area (Å²) in [7, 11) is -21.8. The first-order chi connectivity index (χ1) is 30.2. The van der Waals surface area contributed by atoms with E-state index < -0.39 is 105 Å². The smallest absolute Gasteiger partial charge is 0.744 e. The molecule has 25 nitrogen and oxygen atoms in total. The molecule has 0 spiro atoms. The van der Waals surface area contributed by atoms with Crippen molar-refractivity contribution in [3.05, 3.63) is 122 Å². The van der Waals surface area contributed by atoms with Crippen molar-refractivity contribution >= 4 is 121 Å². The minimum Gasteiger partial charge on any atom is -0.744 e. The molecule has 0 heterocycles. The van der Waals surface area contributed by atoms with Crippen LogP contribution in [0.1, 0.15) is 27.0 Å². The van der Waals surface area contributed by atoms with Gasteiger partial charge in [0, 0.05) is 17.8 Å². The molecule has 0 aliphatic heterocycles. The number of anilines is 4. The van der Waals surface area contributed by atoms with E-state index in [1.165, 1.54) is 24.3 Å². The number of fused-ring (bicyclic) bond motifs is 1. The number of nitro benzene ring substituents is 1. The maximum Gasteiger partial charge on any atom is 1.00 e. The zero-order valence-electron chi connectivity index (χ0n) is 36.0. The Bertz CT molecular complexity index is 3510. The zero-order chi connectivity index (χ0) is 47.8. The van der Waals surface area contributed by atoms with Crippen LogP contribution >= 0.6 is 0 Å². The molecule has 0 amide bonds. The third kappa shape index (κ3) is 14.2. The van der Waals surface area contributed by atoms with Crippen LogP contribution in [0.2, 0.25) is 0 Å². The quantitative estimate of drug-likeness (QED) is 0.0162. The molecule has 0 atom stereocenters. The molecule has 6 rings (SSSR count). The van der Waals surface area contributed by atoms with Crippen molar-refractivity contribution in [3.63, 3.8) is 0 Å². The van der Waals surface area contributed by atoms with Crippen molar-refractivity contribution in [2.45, 2.75) is 14.7 Å². The Labute approximate surface area is 439 Å². The van der Waals surface area contributed by atoms with Crippen LogP contribution < -0.4 is 98.1 Å². The molecular weight excluding hydrogens is 968 g/mol. The number of hydrogen-bond donors (Lipinski definition) is 4. The number of carbonyl (C=O) groups is 1. The molecule has 0 bridgehead atoms. The minimum absolute atomic E-state index is 0. The molecule has 0 fully saturated rings. The number of nitrogens with two attached hydrogens (primary N) is 3. The maximum absolute atomic E-state index is 13.9. The van der Waals surface area contributed by atoms with E-state index in [9.17, 15) is 66.8 Å². The zero-order valence-corrected chi connectivity index (χ0v) is 39.3. The summed E-state index contributed by atoms with van der Waals surface area (Å²) in [6.45, 7) is 0. The summed E-state index contributed by atoms with van der Waals surface area (Å²) in [6, 6.07) is 15.0. The van der Waals surface area contributed by atoms with Crippen LogP contribution in [0.15, 0.2) is 130 Å². The van der Waals surface area contributed by atoms with Crippen molar-refractivity contribution in [3.8, 4) is 0 Å². The fourth-order valence-electron chi connectivity index (χ4n) is 5.81. The predicted octanol–water partition coefficient (Wildman–Crippen LogP) is -7.38. The van der Waals surface area contributed by atoms with Gasteiger partial charge in [-0.25, -0.2) is 33.7 Å². The molecule has 1 aliphatic carbocycles. The van der Waals surface area contributed by atoms with E-state index in [2.05, 4.69) is 31.0 Å². The summed E-state index contributed by atoms with van der Waals surface area (Å²) in [5.41, 5.74) is 14.4. The van der Waals surface area contributed by atoms with Gasteiger partial charge in [-0.1, -0.05) is 24.3 Å². The molecular formula is C36H24Li4N10O15S4. The number of allylic oxidation sites excluding steroid dienone is 1. The largest absolute Gasteiger partial charge is 1.00 e. The van der Waals surface area contributed by atoms with Crippen LogP contribution in [0, 0.1) is 10.1 Å². The fourth-order valence-corrected chi connectivity index (χ4v) is 8.50. The Balaban J connectivity index is 0.00000408. The molecule has 336 valence electrons. The number of non-ortho nitro benzene ring substituents is 1. The van der Waals surface area contributed by atoms with Crippen molar-refractivity contribution in [2.75, 3.05) is 22.6 Å². The van der Waals surface area contributed by atoms with Gasteiger partial charge in [0.1, 0.15) is 57.6 Å². The van der Waals surface area contributed by atoms with Gasteiger partial charge in [0.15, 0.2) is 0 Å². The van der Waals surface area contributed by atoms with Gasteiger partial charge < -0.3 is 35.4 Å². The summed E-state index contributed by atoms with van der Waals surface area (Å²) in [5, 5.41) is 29.8. The van der Waals surface area contributed by atoms with E-state index in [1.807, 2.05) is 0 Å². The fraction of sp³-hybridized carbons (Fsp3) is 0. The minimum atomic E-state index is -5.67. The van der Waals surface area contributed by atoms with Gasteiger partial charge in [0.25, 0.3) is 5.69 Å². The summed E-state index contributed by atoms with van der Waals surface area (Å²) >= 11 is 0. The summed E-state index contributed by atoms with van der Waals surface area (Å²) in [6.07, 6.45) is 2.43. The average molecular weight is 993 g/mol. The van der Waals surface area contributed by atoms with E-state index in [0.717, 1.165) is 60.7 Å². The molecule has 0 radical (unpaired) electrons. The van der Waals surface area contributed by atoms with Crippen molar-refractivity contribution in [1.82, 2.24) is 0 Å². The second kappa shape index (κ2) is 23.1. The van der Waals surface area contributed by atoms with Crippen LogP contribution in [0.5, 0.6) is 0 Å². The standard InChI is InChI=1S/C36H28N10O15S4.4Li/c37-21-5-12-27(26(38)15-21)43-41-23-6-3-18(28(16-23)62(50,51)52)1-2-19-4-7-24(17-29(19)63(53,54)55)42-45-35-31(65(59,60)61)14-20-13-30(64(56,57)58)34(33(39)32(20)36(35)47)44-40-22-8-10-25(11-9-22)46(48)49;;;;/h1-17,42H,37-39H2,(H,50,51,52)(H,53,54,55)(H,56,57,58)(H,59,60,61);;;;/q;4*+1/p-4. The molecule has 0 saturated carbocycles. The number of hydrazone groups is 1. The number of hydrogen-bond acceptors (Lipinski definition) is 24. The molecule has 69 heavy (non-hydrogen) atoms. The van der Waals surface area contributed by atoms with E-state index in [-0.39, 0.29) is 115 Å². The number of nitro groups is 1. The number of nitrogen functional groups attached to an aromatic ring is 3. The van der Waals surface area contributed by atoms with E-state index in [1.54, 1.807) is 0 Å². The van der Waals surface area contributed by atoms with Crippen LogP contribution in [-0.2, 0) is 40.5 Å². The number of azo groups is 2. The monoisotopic (exact) mass is 992 g/mol. The second-order valence-electron chi connectivity index (χ2n) is 13.1. The summed E-state index contributed by atoms with van der Waals surface area (Å²) < 4.78 is 148. The molecule has 0 aromatic heterocycles. The van der Waals surface area contributed by atoms with Crippen molar-refractivity contribution < 1.29 is 137 Å². The van der Waals surface area contributed by atoms with Gasteiger partial charge in [-0.15, -0.1) is 10.2 Å². The van der Waals surface area contributed by atoms with Gasteiger partial charge in [0.05, 0.1) is 58.5 Å². The number of nitrogens with one attached hydrogen (secondary N) is 1. The Morgan fingerprint density at radius 1 is 0.594 bits per heavy atom. The Hall–Kier alpha value is -5.25. The SMILES string of the molecule is Nc1ccc(N=Nc2ccc(C=Cc3ccc(NN=C4C(=O)c5c(cc(S(=O)(=O)[O-])c(N=Nc6ccc([N+](=O)[O-])cc6)c5N)C=C4S(=O)(=O)[O-])cc3S(=O)(=O)[O-])c(S(=O)(=O)[O-])c2)c(N)c1.[Li+].[Li+].[Li+].[Li+]. The van der Waals surface area contributed by atoms with Gasteiger partial charge in [-0.05, 0) is 83.4 Å². The Morgan fingerprint density at radius 2 is 1.13 bits per heavy atom. The van der Waals surface area contributed by atoms with Crippen LogP contribution in [0.4, 0.5) is 51.2 Å². The number of nitrogens with zero attached hydrogens (tertiary/aromatic N) is 6. The van der Waals surface area contributed by atoms with Crippen LogP contribution in [-0.4, -0.2) is 68.3 Å².